The van der Waals surface area contributed by atoms with Gasteiger partial charge in [0.25, 0.3) is 5.91 Å². The highest BCUT2D eigenvalue weighted by Gasteiger charge is 2.28. The lowest BCUT2D eigenvalue weighted by Gasteiger charge is -2.35. The van der Waals surface area contributed by atoms with Crippen molar-refractivity contribution < 1.29 is 14.3 Å². The van der Waals surface area contributed by atoms with Crippen molar-refractivity contribution in [2.45, 2.75) is 57.9 Å². The molecule has 142 valence electrons. The molecule has 4 unspecified atom stereocenters. The molecule has 0 spiro atoms. The molecule has 1 aliphatic heterocycles. The zero-order chi connectivity index (χ0) is 18.7. The number of morpholine rings is 1. The SMILES string of the molecule is CC1CN(C(=O)c2ccc(CNC(=O)C3CCC(N)C3)cc2)CC(C)O1. The molecule has 6 heteroatoms. The zero-order valence-corrected chi connectivity index (χ0v) is 15.6. The van der Waals surface area contributed by atoms with E-state index >= 15 is 0 Å². The molecule has 1 aromatic carbocycles. The number of hydrogen-bond donors (Lipinski definition) is 2. The standard InChI is InChI=1S/C20H29N3O3/c1-13-11-23(12-14(2)26-13)20(25)16-5-3-15(4-6-16)10-22-19(24)17-7-8-18(21)9-17/h3-6,13-14,17-18H,7-12,21H2,1-2H3,(H,22,24). The molecule has 2 aliphatic rings. The number of hydrogen-bond acceptors (Lipinski definition) is 4. The molecule has 0 radical (unpaired) electrons. The van der Waals surface area contributed by atoms with Crippen LogP contribution in [-0.2, 0) is 16.1 Å². The van der Waals surface area contributed by atoms with Gasteiger partial charge in [-0.2, -0.15) is 0 Å². The Morgan fingerprint density at radius 1 is 1.15 bits per heavy atom. The second kappa shape index (κ2) is 8.18. The van der Waals surface area contributed by atoms with E-state index in [-0.39, 0.29) is 36.0 Å². The van der Waals surface area contributed by atoms with Crippen molar-refractivity contribution in [3.05, 3.63) is 35.4 Å². The number of nitrogens with zero attached hydrogens (tertiary/aromatic N) is 1. The second-order valence-electron chi connectivity index (χ2n) is 7.65. The molecule has 6 nitrogen and oxygen atoms in total. The van der Waals surface area contributed by atoms with Crippen molar-refractivity contribution in [2.75, 3.05) is 13.1 Å². The smallest absolute Gasteiger partial charge is 0.254 e. The first-order chi connectivity index (χ1) is 12.4. The van der Waals surface area contributed by atoms with Gasteiger partial charge in [0.15, 0.2) is 0 Å². The molecule has 0 bridgehead atoms. The van der Waals surface area contributed by atoms with Crippen LogP contribution < -0.4 is 11.1 Å². The average Bonchev–Trinajstić information content (AvgIpc) is 3.05. The van der Waals surface area contributed by atoms with Gasteiger partial charge in [-0.3, -0.25) is 9.59 Å². The van der Waals surface area contributed by atoms with E-state index in [1.165, 1.54) is 0 Å². The van der Waals surface area contributed by atoms with Crippen molar-refractivity contribution in [1.29, 1.82) is 0 Å². The predicted octanol–water partition coefficient (Wildman–Crippen LogP) is 1.68. The van der Waals surface area contributed by atoms with Crippen LogP contribution in [0.25, 0.3) is 0 Å². The molecular weight excluding hydrogens is 330 g/mol. The van der Waals surface area contributed by atoms with Gasteiger partial charge in [-0.15, -0.1) is 0 Å². The van der Waals surface area contributed by atoms with Gasteiger partial charge >= 0.3 is 0 Å². The van der Waals surface area contributed by atoms with Gasteiger partial charge in [0.2, 0.25) is 5.91 Å². The molecule has 3 N–H and O–H groups in total. The largest absolute Gasteiger partial charge is 0.372 e. The maximum atomic E-state index is 12.7. The van der Waals surface area contributed by atoms with Crippen molar-refractivity contribution in [2.24, 2.45) is 11.7 Å². The molecule has 1 aliphatic carbocycles. The van der Waals surface area contributed by atoms with Crippen LogP contribution in [-0.4, -0.2) is 48.1 Å². The quantitative estimate of drug-likeness (QED) is 0.857. The Morgan fingerprint density at radius 2 is 1.81 bits per heavy atom. The maximum Gasteiger partial charge on any atom is 0.254 e. The molecule has 0 aromatic heterocycles. The fraction of sp³-hybridized carbons (Fsp3) is 0.600. The van der Waals surface area contributed by atoms with Gasteiger partial charge in [-0.25, -0.2) is 0 Å². The van der Waals surface area contributed by atoms with E-state index in [1.807, 2.05) is 43.0 Å². The predicted molar refractivity (Wildman–Crippen MR) is 99.5 cm³/mol. The summed E-state index contributed by atoms with van der Waals surface area (Å²) in [5.41, 5.74) is 7.53. The fourth-order valence-corrected chi connectivity index (χ4v) is 3.88. The summed E-state index contributed by atoms with van der Waals surface area (Å²) in [6.45, 7) is 5.68. The summed E-state index contributed by atoms with van der Waals surface area (Å²) >= 11 is 0. The number of rotatable bonds is 4. The Balaban J connectivity index is 1.53. The Bertz CT molecular complexity index is 636. The van der Waals surface area contributed by atoms with E-state index in [4.69, 9.17) is 10.5 Å². The van der Waals surface area contributed by atoms with Gasteiger partial charge in [0.1, 0.15) is 0 Å². The van der Waals surface area contributed by atoms with Crippen LogP contribution in [0.5, 0.6) is 0 Å². The number of benzene rings is 1. The Hall–Kier alpha value is -1.92. The van der Waals surface area contributed by atoms with Crippen LogP contribution in [0, 0.1) is 5.92 Å². The van der Waals surface area contributed by atoms with Crippen LogP contribution in [0.2, 0.25) is 0 Å². The van der Waals surface area contributed by atoms with E-state index < -0.39 is 0 Å². The highest BCUT2D eigenvalue weighted by Crippen LogP contribution is 2.24. The summed E-state index contributed by atoms with van der Waals surface area (Å²) in [5.74, 6) is 0.146. The summed E-state index contributed by atoms with van der Waals surface area (Å²) < 4.78 is 5.68. The van der Waals surface area contributed by atoms with Crippen molar-refractivity contribution in [3.63, 3.8) is 0 Å². The lowest BCUT2D eigenvalue weighted by atomic mass is 10.1. The number of carbonyl (C=O) groups excluding carboxylic acids is 2. The molecule has 3 rings (SSSR count). The topological polar surface area (TPSA) is 84.7 Å². The van der Waals surface area contributed by atoms with Gasteiger partial charge in [0.05, 0.1) is 12.2 Å². The second-order valence-corrected chi connectivity index (χ2v) is 7.65. The molecule has 2 amide bonds. The molecule has 1 heterocycles. The summed E-state index contributed by atoms with van der Waals surface area (Å²) in [6, 6.07) is 7.63. The van der Waals surface area contributed by atoms with Crippen LogP contribution in [0.15, 0.2) is 24.3 Å². The van der Waals surface area contributed by atoms with Gasteiger partial charge in [-0.05, 0) is 50.8 Å². The molecule has 4 atom stereocenters. The zero-order valence-electron chi connectivity index (χ0n) is 15.6. The van der Waals surface area contributed by atoms with E-state index in [1.54, 1.807) is 0 Å². The van der Waals surface area contributed by atoms with E-state index in [0.717, 1.165) is 24.8 Å². The first kappa shape index (κ1) is 18.9. The Kier molecular flexibility index (Phi) is 5.94. The lowest BCUT2D eigenvalue weighted by Crippen LogP contribution is -2.48. The van der Waals surface area contributed by atoms with E-state index in [0.29, 0.717) is 25.2 Å². The molecule has 1 aromatic rings. The molecule has 26 heavy (non-hydrogen) atoms. The summed E-state index contributed by atoms with van der Waals surface area (Å²) in [5, 5.41) is 2.98. The van der Waals surface area contributed by atoms with Crippen molar-refractivity contribution in [3.8, 4) is 0 Å². The molecular formula is C20H29N3O3. The first-order valence-electron chi connectivity index (χ1n) is 9.49. The molecule has 1 saturated carbocycles. The van der Waals surface area contributed by atoms with E-state index in [2.05, 4.69) is 5.32 Å². The number of amides is 2. The third-order valence-corrected chi connectivity index (χ3v) is 5.22. The monoisotopic (exact) mass is 359 g/mol. The highest BCUT2D eigenvalue weighted by molar-refractivity contribution is 5.94. The van der Waals surface area contributed by atoms with Crippen LogP contribution in [0.4, 0.5) is 0 Å². The van der Waals surface area contributed by atoms with E-state index in [9.17, 15) is 9.59 Å². The average molecular weight is 359 g/mol. The Labute approximate surface area is 155 Å². The number of nitrogens with one attached hydrogen (secondary N) is 1. The number of nitrogens with two attached hydrogens (primary N) is 1. The third-order valence-electron chi connectivity index (χ3n) is 5.22. The van der Waals surface area contributed by atoms with Gasteiger partial charge in [0, 0.05) is 37.2 Å². The molecule has 2 fully saturated rings. The Morgan fingerprint density at radius 3 is 2.38 bits per heavy atom. The normalized spacial score (nSPS) is 28.8. The van der Waals surface area contributed by atoms with Gasteiger partial charge in [-0.1, -0.05) is 12.1 Å². The minimum Gasteiger partial charge on any atom is -0.372 e. The van der Waals surface area contributed by atoms with Gasteiger partial charge < -0.3 is 20.7 Å². The summed E-state index contributed by atoms with van der Waals surface area (Å²) in [4.78, 5) is 26.7. The minimum atomic E-state index is 0.0301. The number of carbonyl (C=O) groups is 2. The van der Waals surface area contributed by atoms with Crippen molar-refractivity contribution in [1.82, 2.24) is 10.2 Å². The van der Waals surface area contributed by atoms with Crippen LogP contribution in [0.3, 0.4) is 0 Å². The first-order valence-corrected chi connectivity index (χ1v) is 9.49. The third kappa shape index (κ3) is 4.62. The minimum absolute atomic E-state index is 0.0301. The fourth-order valence-electron chi connectivity index (χ4n) is 3.88. The number of ether oxygens (including phenoxy) is 1. The van der Waals surface area contributed by atoms with Crippen molar-refractivity contribution >= 4 is 11.8 Å². The summed E-state index contributed by atoms with van der Waals surface area (Å²) in [7, 11) is 0. The maximum absolute atomic E-state index is 12.7. The summed E-state index contributed by atoms with van der Waals surface area (Å²) in [6.07, 6.45) is 2.68. The molecule has 1 saturated heterocycles. The van der Waals surface area contributed by atoms with Crippen LogP contribution in [0.1, 0.15) is 49.0 Å². The lowest BCUT2D eigenvalue weighted by molar-refractivity contribution is -0.125. The van der Waals surface area contributed by atoms with Crippen LogP contribution >= 0.6 is 0 Å². The highest BCUT2D eigenvalue weighted by atomic mass is 16.5.